The number of furan rings is 1. The average Bonchev–Trinajstić information content (AvgIpc) is 3.97. The fourth-order valence-corrected chi connectivity index (χ4v) is 11.0. The van der Waals surface area contributed by atoms with Gasteiger partial charge < -0.3 is 9.32 Å². The summed E-state index contributed by atoms with van der Waals surface area (Å²) >= 11 is 0. The summed E-state index contributed by atoms with van der Waals surface area (Å²) in [6, 6.07) is 82.3. The fourth-order valence-electron chi connectivity index (χ4n) is 11.0. The zero-order valence-corrected chi connectivity index (χ0v) is 33.2. The molecule has 284 valence electrons. The van der Waals surface area contributed by atoms with Crippen LogP contribution in [0.3, 0.4) is 0 Å². The lowest BCUT2D eigenvalue weighted by atomic mass is 9.70. The van der Waals surface area contributed by atoms with Crippen LogP contribution in [0, 0.1) is 0 Å². The van der Waals surface area contributed by atoms with E-state index in [0.29, 0.717) is 0 Å². The number of nitrogens with zero attached hydrogens (tertiary/aromatic N) is 1. The van der Waals surface area contributed by atoms with Crippen molar-refractivity contribution in [1.82, 2.24) is 0 Å². The second-order valence-electron chi connectivity index (χ2n) is 16.3. The Hall–Kier alpha value is -7.94. The molecule has 0 aliphatic heterocycles. The first-order valence-corrected chi connectivity index (χ1v) is 21.1. The monoisotopic (exact) mass is 775 g/mol. The number of para-hydroxylation sites is 3. The molecule has 2 heteroatoms. The van der Waals surface area contributed by atoms with Gasteiger partial charge in [0, 0.05) is 27.6 Å². The van der Waals surface area contributed by atoms with E-state index >= 15 is 0 Å². The zero-order chi connectivity index (χ0) is 40.1. The van der Waals surface area contributed by atoms with Gasteiger partial charge >= 0.3 is 0 Å². The van der Waals surface area contributed by atoms with Gasteiger partial charge in [-0.1, -0.05) is 188 Å². The van der Waals surface area contributed by atoms with Gasteiger partial charge in [0.1, 0.15) is 11.2 Å². The van der Waals surface area contributed by atoms with Crippen LogP contribution >= 0.6 is 0 Å². The molecule has 0 radical (unpaired) electrons. The lowest BCUT2D eigenvalue weighted by molar-refractivity contribution is 0.669. The predicted molar refractivity (Wildman–Crippen MR) is 253 cm³/mol. The number of hydrogen-bond donors (Lipinski definition) is 0. The normalized spacial score (nSPS) is 14.6. The Morgan fingerprint density at radius 1 is 0.311 bits per heavy atom. The van der Waals surface area contributed by atoms with Crippen LogP contribution in [0.2, 0.25) is 0 Å². The molecule has 1 heterocycles. The molecule has 2 aliphatic rings. The summed E-state index contributed by atoms with van der Waals surface area (Å²) in [4.78, 5) is 2.49. The topological polar surface area (TPSA) is 16.4 Å². The molecule has 0 bridgehead atoms. The number of benzene rings is 10. The lowest BCUT2D eigenvalue weighted by Crippen LogP contribution is -2.26. The van der Waals surface area contributed by atoms with Gasteiger partial charge in [0.05, 0.1) is 16.8 Å². The number of fused-ring (bicyclic) bond motifs is 14. The molecule has 11 aromatic rings. The molecule has 61 heavy (non-hydrogen) atoms. The third kappa shape index (κ3) is 4.67. The van der Waals surface area contributed by atoms with Gasteiger partial charge in [-0.15, -0.1) is 0 Å². The van der Waals surface area contributed by atoms with E-state index in [-0.39, 0.29) is 0 Å². The Morgan fingerprint density at radius 2 is 0.820 bits per heavy atom. The average molecular weight is 776 g/mol. The van der Waals surface area contributed by atoms with Crippen LogP contribution in [0.1, 0.15) is 22.3 Å². The molecule has 2 nitrogen and oxygen atoms in total. The van der Waals surface area contributed by atoms with Gasteiger partial charge in [0.15, 0.2) is 0 Å². The molecule has 1 atom stereocenters. The SMILES string of the molecule is c1ccc(N(c2ccccc2-c2cccc3oc4ccccc4c23)c2cccc3c2-c2ccccc2C32c3ccccc3-c3c(-c4cccc5ccccc45)cccc32)cc1. The minimum Gasteiger partial charge on any atom is -0.456 e. The second kappa shape index (κ2) is 13.0. The van der Waals surface area contributed by atoms with Crippen molar-refractivity contribution in [3.63, 3.8) is 0 Å². The Labute approximate surface area is 354 Å². The van der Waals surface area contributed by atoms with Gasteiger partial charge in [-0.2, -0.15) is 0 Å². The quantitative estimate of drug-likeness (QED) is 0.173. The third-order valence-corrected chi connectivity index (χ3v) is 13.3. The van der Waals surface area contributed by atoms with E-state index in [9.17, 15) is 0 Å². The summed E-state index contributed by atoms with van der Waals surface area (Å²) in [6.07, 6.45) is 0. The highest BCUT2D eigenvalue weighted by Gasteiger charge is 2.53. The van der Waals surface area contributed by atoms with Crippen LogP contribution in [-0.2, 0) is 5.41 Å². The highest BCUT2D eigenvalue weighted by molar-refractivity contribution is 6.14. The standard InChI is InChI=1S/C59H37NO/c1-2-20-39(21-3-1)60(52-34-12-8-23-42(52)44-29-16-37-55-57(44)47-26-9-13-36-54(47)61-55)53-35-17-33-51-58(53)46-25-7-11-31-49(46)59(51)48-30-10-6-24-45(48)56-43(28-15-32-50(56)59)41-27-14-19-38-18-4-5-22-40(38)41/h1-37H. The van der Waals surface area contributed by atoms with Gasteiger partial charge in [-0.3, -0.25) is 0 Å². The van der Waals surface area contributed by atoms with Gasteiger partial charge in [-0.05, 0) is 103 Å². The highest BCUT2D eigenvalue weighted by Crippen LogP contribution is 2.66. The van der Waals surface area contributed by atoms with Crippen LogP contribution in [-0.4, -0.2) is 0 Å². The van der Waals surface area contributed by atoms with Crippen molar-refractivity contribution in [3.8, 4) is 44.5 Å². The molecule has 0 saturated heterocycles. The van der Waals surface area contributed by atoms with Crippen LogP contribution in [0.4, 0.5) is 17.1 Å². The molecule has 1 unspecified atom stereocenters. The highest BCUT2D eigenvalue weighted by atomic mass is 16.3. The molecule has 0 saturated carbocycles. The first-order chi connectivity index (χ1) is 30.3. The summed E-state index contributed by atoms with van der Waals surface area (Å²) in [7, 11) is 0. The third-order valence-electron chi connectivity index (χ3n) is 13.3. The van der Waals surface area contributed by atoms with E-state index in [2.05, 4.69) is 223 Å². The van der Waals surface area contributed by atoms with Crippen molar-refractivity contribution in [1.29, 1.82) is 0 Å². The number of rotatable bonds is 5. The van der Waals surface area contributed by atoms with Crippen LogP contribution in [0.15, 0.2) is 229 Å². The molecule has 1 aromatic heterocycles. The summed E-state index contributed by atoms with van der Waals surface area (Å²) < 4.78 is 6.44. The van der Waals surface area contributed by atoms with Crippen molar-refractivity contribution < 1.29 is 4.42 Å². The Morgan fingerprint density at radius 3 is 1.66 bits per heavy atom. The van der Waals surface area contributed by atoms with E-state index in [1.807, 2.05) is 6.07 Å². The molecule has 0 amide bonds. The van der Waals surface area contributed by atoms with E-state index < -0.39 is 5.41 Å². The largest absolute Gasteiger partial charge is 0.456 e. The summed E-state index contributed by atoms with van der Waals surface area (Å²) in [5, 5.41) is 4.76. The van der Waals surface area contributed by atoms with E-state index in [1.165, 1.54) is 66.4 Å². The van der Waals surface area contributed by atoms with Crippen LogP contribution < -0.4 is 4.90 Å². The summed E-state index contributed by atoms with van der Waals surface area (Å²) in [6.45, 7) is 0. The smallest absolute Gasteiger partial charge is 0.136 e. The van der Waals surface area contributed by atoms with Crippen molar-refractivity contribution in [2.75, 3.05) is 4.90 Å². The van der Waals surface area contributed by atoms with Crippen molar-refractivity contribution in [2.45, 2.75) is 5.41 Å². The van der Waals surface area contributed by atoms with Crippen LogP contribution in [0.5, 0.6) is 0 Å². The minimum absolute atomic E-state index is 0.530. The lowest BCUT2D eigenvalue weighted by Gasteiger charge is -2.32. The maximum atomic E-state index is 6.44. The Kier molecular flexibility index (Phi) is 7.26. The number of anilines is 3. The molecule has 2 aliphatic carbocycles. The number of hydrogen-bond acceptors (Lipinski definition) is 2. The van der Waals surface area contributed by atoms with Crippen molar-refractivity contribution in [3.05, 3.63) is 247 Å². The van der Waals surface area contributed by atoms with Crippen molar-refractivity contribution >= 4 is 49.8 Å². The Balaban J connectivity index is 1.11. The minimum atomic E-state index is -0.530. The molecule has 13 rings (SSSR count). The van der Waals surface area contributed by atoms with Gasteiger partial charge in [-0.25, -0.2) is 0 Å². The molecule has 10 aromatic carbocycles. The fraction of sp³-hybridized carbons (Fsp3) is 0.0169. The van der Waals surface area contributed by atoms with E-state index in [0.717, 1.165) is 50.1 Å². The maximum absolute atomic E-state index is 6.44. The van der Waals surface area contributed by atoms with E-state index in [4.69, 9.17) is 4.42 Å². The predicted octanol–water partition coefficient (Wildman–Crippen LogP) is 15.9. The van der Waals surface area contributed by atoms with Gasteiger partial charge in [0.25, 0.3) is 0 Å². The molecule has 0 fully saturated rings. The zero-order valence-electron chi connectivity index (χ0n) is 33.2. The van der Waals surface area contributed by atoms with Crippen LogP contribution in [0.25, 0.3) is 77.2 Å². The first kappa shape index (κ1) is 34.0. The Bertz CT molecular complexity index is 3550. The molecular weight excluding hydrogens is 739 g/mol. The van der Waals surface area contributed by atoms with Gasteiger partial charge in [0.2, 0.25) is 0 Å². The maximum Gasteiger partial charge on any atom is 0.136 e. The second-order valence-corrected chi connectivity index (χ2v) is 16.3. The summed E-state index contributed by atoms with van der Waals surface area (Å²) in [5.74, 6) is 0. The first-order valence-electron chi connectivity index (χ1n) is 21.1. The van der Waals surface area contributed by atoms with E-state index in [1.54, 1.807) is 0 Å². The molecule has 0 N–H and O–H groups in total. The molecule has 1 spiro atoms. The summed E-state index contributed by atoms with van der Waals surface area (Å²) in [5.41, 5.74) is 19.8. The molecular formula is C59H37NO. The van der Waals surface area contributed by atoms with Crippen molar-refractivity contribution in [2.24, 2.45) is 0 Å².